The molecule has 0 aromatic rings. The molecule has 2 rings (SSSR count). The Morgan fingerprint density at radius 2 is 1.89 bits per heavy atom. The van der Waals surface area contributed by atoms with E-state index in [1.165, 1.54) is 25.7 Å². The molecule has 1 aliphatic heterocycles. The minimum Gasteiger partial charge on any atom is -0.481 e. The van der Waals surface area contributed by atoms with E-state index in [4.69, 9.17) is 9.84 Å². The van der Waals surface area contributed by atoms with Gasteiger partial charge in [-0.3, -0.25) is 4.79 Å². The average molecular weight is 269 g/mol. The predicted octanol–water partition coefficient (Wildman–Crippen LogP) is 2.52. The maximum absolute atomic E-state index is 10.4. The number of hydrogen-bond acceptors (Lipinski definition) is 3. The van der Waals surface area contributed by atoms with Crippen molar-refractivity contribution in [3.05, 3.63) is 0 Å². The number of likely N-dealkylation sites (tertiary alicyclic amines) is 1. The lowest BCUT2D eigenvalue weighted by molar-refractivity contribution is -0.138. The number of carboxylic acid groups (broad SMARTS) is 1. The fourth-order valence-corrected chi connectivity index (χ4v) is 3.50. The summed E-state index contributed by atoms with van der Waals surface area (Å²) in [6, 6.07) is 0.711. The Hall–Kier alpha value is -0.610. The number of rotatable bonds is 6. The van der Waals surface area contributed by atoms with Crippen LogP contribution in [0.4, 0.5) is 0 Å². The van der Waals surface area contributed by atoms with Crippen molar-refractivity contribution in [2.24, 2.45) is 5.92 Å². The van der Waals surface area contributed by atoms with E-state index in [-0.39, 0.29) is 12.5 Å². The summed E-state index contributed by atoms with van der Waals surface area (Å²) < 4.78 is 5.64. The molecule has 0 amide bonds. The number of carbonyl (C=O) groups is 1. The van der Waals surface area contributed by atoms with Gasteiger partial charge in [0, 0.05) is 19.1 Å². The molecule has 1 N–H and O–H groups in total. The maximum atomic E-state index is 10.4. The van der Waals surface area contributed by atoms with Crippen molar-refractivity contribution >= 4 is 5.97 Å². The number of nitrogens with zero attached hydrogens (tertiary/aromatic N) is 1. The van der Waals surface area contributed by atoms with Crippen LogP contribution in [-0.4, -0.2) is 47.8 Å². The van der Waals surface area contributed by atoms with Gasteiger partial charge in [0.1, 0.15) is 0 Å². The third-order valence-electron chi connectivity index (χ3n) is 4.80. The van der Waals surface area contributed by atoms with Gasteiger partial charge < -0.3 is 14.7 Å². The van der Waals surface area contributed by atoms with Crippen molar-refractivity contribution in [3.63, 3.8) is 0 Å². The van der Waals surface area contributed by atoms with Crippen LogP contribution in [0.3, 0.4) is 0 Å². The largest absolute Gasteiger partial charge is 0.481 e. The molecule has 0 radical (unpaired) electrons. The Balaban J connectivity index is 1.65. The molecule has 4 heteroatoms. The zero-order valence-electron chi connectivity index (χ0n) is 12.0. The van der Waals surface area contributed by atoms with Crippen molar-refractivity contribution in [2.75, 3.05) is 19.7 Å². The SMILES string of the molecule is CC(C1CCCC1)N1CCC(OCCC(=O)O)CC1. The molecule has 4 nitrogen and oxygen atoms in total. The molecule has 110 valence electrons. The van der Waals surface area contributed by atoms with Crippen molar-refractivity contribution in [3.8, 4) is 0 Å². The summed E-state index contributed by atoms with van der Waals surface area (Å²) in [5, 5.41) is 8.59. The molecule has 0 spiro atoms. The fourth-order valence-electron chi connectivity index (χ4n) is 3.50. The van der Waals surface area contributed by atoms with Gasteiger partial charge in [0.15, 0.2) is 0 Å². The molecule has 0 aromatic heterocycles. The molecule has 1 heterocycles. The monoisotopic (exact) mass is 269 g/mol. The zero-order valence-corrected chi connectivity index (χ0v) is 12.0. The average Bonchev–Trinajstić information content (AvgIpc) is 2.92. The Morgan fingerprint density at radius 3 is 2.47 bits per heavy atom. The van der Waals surface area contributed by atoms with E-state index in [1.54, 1.807) is 0 Å². The van der Waals surface area contributed by atoms with Gasteiger partial charge in [0.05, 0.1) is 19.1 Å². The van der Waals surface area contributed by atoms with Gasteiger partial charge in [-0.25, -0.2) is 0 Å². The predicted molar refractivity (Wildman–Crippen MR) is 74.2 cm³/mol. The molecular weight excluding hydrogens is 242 g/mol. The second kappa shape index (κ2) is 7.25. The van der Waals surface area contributed by atoms with E-state index >= 15 is 0 Å². The second-order valence-corrected chi connectivity index (χ2v) is 6.03. The normalized spacial score (nSPS) is 24.7. The lowest BCUT2D eigenvalue weighted by atomic mass is 9.95. The molecule has 0 bridgehead atoms. The Morgan fingerprint density at radius 1 is 1.26 bits per heavy atom. The van der Waals surface area contributed by atoms with Gasteiger partial charge in [-0.05, 0) is 38.5 Å². The first kappa shape index (κ1) is 14.8. The fraction of sp³-hybridized carbons (Fsp3) is 0.933. The summed E-state index contributed by atoms with van der Waals surface area (Å²) in [6.07, 6.45) is 8.11. The first-order chi connectivity index (χ1) is 9.16. The molecule has 2 aliphatic rings. The standard InChI is InChI=1S/C15H27NO3/c1-12(13-4-2-3-5-13)16-9-6-14(7-10-16)19-11-8-15(17)18/h12-14H,2-11H2,1H3,(H,17,18). The van der Waals surface area contributed by atoms with E-state index in [0.29, 0.717) is 12.6 Å². The van der Waals surface area contributed by atoms with Crippen molar-refractivity contribution < 1.29 is 14.6 Å². The molecule has 2 fully saturated rings. The van der Waals surface area contributed by atoms with Gasteiger partial charge >= 0.3 is 5.97 Å². The molecule has 1 saturated heterocycles. The Bertz CT molecular complexity index is 281. The molecule has 1 saturated carbocycles. The molecule has 1 unspecified atom stereocenters. The topological polar surface area (TPSA) is 49.8 Å². The third-order valence-corrected chi connectivity index (χ3v) is 4.80. The van der Waals surface area contributed by atoms with Gasteiger partial charge in [0.25, 0.3) is 0 Å². The lowest BCUT2D eigenvalue weighted by Gasteiger charge is -2.38. The Labute approximate surface area is 116 Å². The van der Waals surface area contributed by atoms with Gasteiger partial charge in [-0.1, -0.05) is 12.8 Å². The summed E-state index contributed by atoms with van der Waals surface area (Å²) in [5.41, 5.74) is 0. The highest BCUT2D eigenvalue weighted by atomic mass is 16.5. The maximum Gasteiger partial charge on any atom is 0.305 e. The summed E-state index contributed by atoms with van der Waals surface area (Å²) >= 11 is 0. The van der Waals surface area contributed by atoms with Crippen LogP contribution in [0.5, 0.6) is 0 Å². The molecular formula is C15H27NO3. The van der Waals surface area contributed by atoms with Crippen molar-refractivity contribution in [1.29, 1.82) is 0 Å². The number of carboxylic acids is 1. The van der Waals surface area contributed by atoms with E-state index in [2.05, 4.69) is 11.8 Å². The number of ether oxygens (including phenoxy) is 1. The number of aliphatic carboxylic acids is 1. The van der Waals surface area contributed by atoms with Crippen LogP contribution in [0.1, 0.15) is 51.9 Å². The van der Waals surface area contributed by atoms with Gasteiger partial charge in [0.2, 0.25) is 0 Å². The molecule has 1 atom stereocenters. The van der Waals surface area contributed by atoms with Crippen LogP contribution in [0.2, 0.25) is 0 Å². The van der Waals surface area contributed by atoms with Gasteiger partial charge in [-0.2, -0.15) is 0 Å². The van der Waals surface area contributed by atoms with E-state index in [0.717, 1.165) is 31.8 Å². The highest BCUT2D eigenvalue weighted by Crippen LogP contribution is 2.31. The summed E-state index contributed by atoms with van der Waals surface area (Å²) in [7, 11) is 0. The number of piperidine rings is 1. The minimum atomic E-state index is -0.771. The van der Waals surface area contributed by atoms with Gasteiger partial charge in [-0.15, -0.1) is 0 Å². The first-order valence-corrected chi connectivity index (χ1v) is 7.74. The van der Waals surface area contributed by atoms with E-state index in [1.807, 2.05) is 0 Å². The van der Waals surface area contributed by atoms with Crippen molar-refractivity contribution in [2.45, 2.75) is 64.0 Å². The summed E-state index contributed by atoms with van der Waals surface area (Å²) in [5.74, 6) is 0.122. The van der Waals surface area contributed by atoms with Crippen LogP contribution in [0.15, 0.2) is 0 Å². The van der Waals surface area contributed by atoms with E-state index < -0.39 is 5.97 Å². The van der Waals surface area contributed by atoms with Crippen LogP contribution in [0, 0.1) is 5.92 Å². The minimum absolute atomic E-state index is 0.124. The number of hydrogen-bond donors (Lipinski definition) is 1. The molecule has 1 aliphatic carbocycles. The first-order valence-electron chi connectivity index (χ1n) is 7.74. The molecule has 19 heavy (non-hydrogen) atoms. The van der Waals surface area contributed by atoms with Crippen LogP contribution in [0.25, 0.3) is 0 Å². The van der Waals surface area contributed by atoms with Crippen LogP contribution >= 0.6 is 0 Å². The van der Waals surface area contributed by atoms with Crippen LogP contribution < -0.4 is 0 Å². The summed E-state index contributed by atoms with van der Waals surface area (Å²) in [6.45, 7) is 4.95. The third kappa shape index (κ3) is 4.46. The van der Waals surface area contributed by atoms with Crippen LogP contribution in [-0.2, 0) is 9.53 Å². The zero-order chi connectivity index (χ0) is 13.7. The highest BCUT2D eigenvalue weighted by molar-refractivity contribution is 5.66. The smallest absolute Gasteiger partial charge is 0.305 e. The quantitative estimate of drug-likeness (QED) is 0.805. The molecule has 0 aromatic carbocycles. The lowest BCUT2D eigenvalue weighted by Crippen LogP contribution is -2.44. The summed E-state index contributed by atoms with van der Waals surface area (Å²) in [4.78, 5) is 13.0. The Kier molecular flexibility index (Phi) is 5.64. The van der Waals surface area contributed by atoms with E-state index in [9.17, 15) is 4.79 Å². The second-order valence-electron chi connectivity index (χ2n) is 6.03. The van der Waals surface area contributed by atoms with Crippen molar-refractivity contribution in [1.82, 2.24) is 4.90 Å². The highest BCUT2D eigenvalue weighted by Gasteiger charge is 2.29.